The third-order valence-electron chi connectivity index (χ3n) is 6.05. The lowest BCUT2D eigenvalue weighted by atomic mass is 9.94. The first-order chi connectivity index (χ1) is 14.0. The number of benzene rings is 1. The number of hydrogen-bond donors (Lipinski definition) is 1. The number of hydrogen-bond acceptors (Lipinski definition) is 4. The van der Waals surface area contributed by atoms with Gasteiger partial charge in [-0.1, -0.05) is 25.3 Å². The molecule has 0 spiro atoms. The molecule has 1 fully saturated rings. The van der Waals surface area contributed by atoms with E-state index in [9.17, 15) is 9.59 Å². The van der Waals surface area contributed by atoms with Gasteiger partial charge in [0.05, 0.1) is 5.69 Å². The molecule has 1 aliphatic carbocycles. The number of anilines is 1. The lowest BCUT2D eigenvalue weighted by molar-refractivity contribution is -0.122. The Labute approximate surface area is 174 Å². The van der Waals surface area contributed by atoms with Crippen LogP contribution in [-0.4, -0.2) is 56.0 Å². The van der Waals surface area contributed by atoms with E-state index in [0.717, 1.165) is 36.0 Å². The number of nitrogens with zero attached hydrogens (tertiary/aromatic N) is 2. The zero-order chi connectivity index (χ0) is 20.6. The third-order valence-corrected chi connectivity index (χ3v) is 6.05. The quantitative estimate of drug-likeness (QED) is 0.645. The maximum atomic E-state index is 12.2. The Morgan fingerprint density at radius 1 is 1.24 bits per heavy atom. The van der Waals surface area contributed by atoms with Crippen molar-refractivity contribution in [3.05, 3.63) is 23.8 Å². The molecule has 0 saturated heterocycles. The summed E-state index contributed by atoms with van der Waals surface area (Å²) in [6, 6.07) is 6.57. The minimum Gasteiger partial charge on any atom is -0.482 e. The van der Waals surface area contributed by atoms with Crippen LogP contribution in [0.5, 0.6) is 5.75 Å². The van der Waals surface area contributed by atoms with Gasteiger partial charge in [0.2, 0.25) is 5.91 Å². The largest absolute Gasteiger partial charge is 0.482 e. The number of carbonyl (C=O) groups excluding carboxylic acids is 2. The molecule has 1 aliphatic heterocycles. The Morgan fingerprint density at radius 3 is 2.83 bits per heavy atom. The number of amides is 2. The molecule has 29 heavy (non-hydrogen) atoms. The molecule has 6 nitrogen and oxygen atoms in total. The van der Waals surface area contributed by atoms with Gasteiger partial charge in [-0.05, 0) is 63.9 Å². The van der Waals surface area contributed by atoms with Crippen molar-refractivity contribution in [3.63, 3.8) is 0 Å². The molecule has 0 aromatic heterocycles. The Hall–Kier alpha value is -2.08. The summed E-state index contributed by atoms with van der Waals surface area (Å²) < 4.78 is 5.50. The molecule has 3 rings (SSSR count). The van der Waals surface area contributed by atoms with Crippen molar-refractivity contribution >= 4 is 17.5 Å². The summed E-state index contributed by atoms with van der Waals surface area (Å²) in [5.74, 6) is 0.756. The fraction of sp³-hybridized carbons (Fsp3) is 0.652. The molecule has 6 heteroatoms. The van der Waals surface area contributed by atoms with Gasteiger partial charge in [-0.25, -0.2) is 0 Å². The summed E-state index contributed by atoms with van der Waals surface area (Å²) in [5.41, 5.74) is 1.90. The third kappa shape index (κ3) is 6.20. The number of carbonyl (C=O) groups is 2. The molecule has 2 aliphatic rings. The Morgan fingerprint density at radius 2 is 2.03 bits per heavy atom. The van der Waals surface area contributed by atoms with Gasteiger partial charge < -0.3 is 19.9 Å². The average Bonchev–Trinajstić information content (AvgIpc) is 2.73. The minimum atomic E-state index is -0.0470. The molecule has 1 heterocycles. The molecule has 1 aromatic carbocycles. The molecule has 0 atom stereocenters. The second kappa shape index (κ2) is 10.6. The summed E-state index contributed by atoms with van der Waals surface area (Å²) in [6.45, 7) is 4.35. The fourth-order valence-corrected chi connectivity index (χ4v) is 4.30. The number of rotatable bonds is 9. The molecular weight excluding hydrogens is 366 g/mol. The van der Waals surface area contributed by atoms with Crippen LogP contribution in [0.2, 0.25) is 0 Å². The monoisotopic (exact) mass is 401 g/mol. The van der Waals surface area contributed by atoms with Gasteiger partial charge in [0, 0.05) is 25.6 Å². The highest BCUT2D eigenvalue weighted by Crippen LogP contribution is 2.33. The van der Waals surface area contributed by atoms with Crippen molar-refractivity contribution in [3.8, 4) is 5.75 Å². The SMILES string of the molecule is Cc1ccc2c(c1)N(CCCC(=O)NCCCN(C)C1CCCCC1)C(=O)CO2. The standard InChI is InChI=1S/C23H35N3O3/c1-18-11-12-21-20(16-18)26(23(28)17-29-21)15-6-10-22(27)24-13-7-14-25(2)19-8-4-3-5-9-19/h11-12,16,19H,3-10,13-15,17H2,1-2H3,(H,24,27). The second-order valence-electron chi connectivity index (χ2n) is 8.38. The molecule has 0 unspecified atom stereocenters. The normalized spacial score (nSPS) is 17.2. The van der Waals surface area contributed by atoms with E-state index < -0.39 is 0 Å². The van der Waals surface area contributed by atoms with Gasteiger partial charge in [0.25, 0.3) is 5.91 Å². The first kappa shape index (κ1) is 21.6. The van der Waals surface area contributed by atoms with E-state index in [1.807, 2.05) is 25.1 Å². The minimum absolute atomic E-state index is 0.0470. The highest BCUT2D eigenvalue weighted by atomic mass is 16.5. The van der Waals surface area contributed by atoms with Crippen molar-refractivity contribution in [2.75, 3.05) is 38.2 Å². The number of nitrogens with one attached hydrogen (secondary N) is 1. The van der Waals surface area contributed by atoms with E-state index in [1.54, 1.807) is 4.90 Å². The van der Waals surface area contributed by atoms with Crippen LogP contribution >= 0.6 is 0 Å². The van der Waals surface area contributed by atoms with Crippen LogP contribution < -0.4 is 15.0 Å². The second-order valence-corrected chi connectivity index (χ2v) is 8.38. The first-order valence-electron chi connectivity index (χ1n) is 11.1. The van der Waals surface area contributed by atoms with Gasteiger partial charge in [-0.3, -0.25) is 9.59 Å². The van der Waals surface area contributed by atoms with Gasteiger partial charge in [0.15, 0.2) is 6.61 Å². The smallest absolute Gasteiger partial charge is 0.265 e. The van der Waals surface area contributed by atoms with E-state index in [2.05, 4.69) is 17.3 Å². The topological polar surface area (TPSA) is 61.9 Å². The molecule has 1 N–H and O–H groups in total. The van der Waals surface area contributed by atoms with Crippen molar-refractivity contribution in [1.82, 2.24) is 10.2 Å². The Bertz CT molecular complexity index is 701. The molecule has 2 amide bonds. The Kier molecular flexibility index (Phi) is 7.92. The van der Waals surface area contributed by atoms with Crippen LogP contribution in [0.1, 0.15) is 56.9 Å². The maximum absolute atomic E-state index is 12.2. The zero-order valence-electron chi connectivity index (χ0n) is 17.9. The Balaban J connectivity index is 1.34. The summed E-state index contributed by atoms with van der Waals surface area (Å²) >= 11 is 0. The van der Waals surface area contributed by atoms with Gasteiger partial charge in [0.1, 0.15) is 5.75 Å². The van der Waals surface area contributed by atoms with Gasteiger partial charge in [-0.15, -0.1) is 0 Å². The molecule has 0 bridgehead atoms. The van der Waals surface area contributed by atoms with Crippen molar-refractivity contribution in [2.24, 2.45) is 0 Å². The maximum Gasteiger partial charge on any atom is 0.265 e. The first-order valence-corrected chi connectivity index (χ1v) is 11.1. The van der Waals surface area contributed by atoms with Gasteiger partial charge >= 0.3 is 0 Å². The predicted molar refractivity (Wildman–Crippen MR) is 115 cm³/mol. The lowest BCUT2D eigenvalue weighted by Gasteiger charge is -2.31. The number of aryl methyl sites for hydroxylation is 1. The number of fused-ring (bicyclic) bond motifs is 1. The van der Waals surface area contributed by atoms with E-state index in [1.165, 1.54) is 32.1 Å². The van der Waals surface area contributed by atoms with Gasteiger partial charge in [-0.2, -0.15) is 0 Å². The average molecular weight is 402 g/mol. The summed E-state index contributed by atoms with van der Waals surface area (Å²) in [6.07, 6.45) is 8.76. The van der Waals surface area contributed by atoms with Crippen molar-refractivity contribution in [1.29, 1.82) is 0 Å². The van der Waals surface area contributed by atoms with E-state index in [4.69, 9.17) is 4.74 Å². The molecular formula is C23H35N3O3. The molecule has 0 radical (unpaired) electrons. The predicted octanol–water partition coefficient (Wildman–Crippen LogP) is 3.27. The summed E-state index contributed by atoms with van der Waals surface area (Å²) in [5, 5.41) is 3.02. The van der Waals surface area contributed by atoms with E-state index in [0.29, 0.717) is 25.9 Å². The highest BCUT2D eigenvalue weighted by molar-refractivity contribution is 5.97. The van der Waals surface area contributed by atoms with E-state index >= 15 is 0 Å². The van der Waals surface area contributed by atoms with Crippen LogP contribution in [0.4, 0.5) is 5.69 Å². The summed E-state index contributed by atoms with van der Waals surface area (Å²) in [4.78, 5) is 28.6. The van der Waals surface area contributed by atoms with Crippen LogP contribution in [-0.2, 0) is 9.59 Å². The van der Waals surface area contributed by atoms with Crippen LogP contribution in [0.25, 0.3) is 0 Å². The molecule has 160 valence electrons. The fourth-order valence-electron chi connectivity index (χ4n) is 4.30. The molecule has 1 aromatic rings. The zero-order valence-corrected chi connectivity index (χ0v) is 17.9. The van der Waals surface area contributed by atoms with Crippen LogP contribution in [0.3, 0.4) is 0 Å². The number of ether oxygens (including phenoxy) is 1. The lowest BCUT2D eigenvalue weighted by Crippen LogP contribution is -2.40. The van der Waals surface area contributed by atoms with Crippen molar-refractivity contribution in [2.45, 2.75) is 64.3 Å². The van der Waals surface area contributed by atoms with Crippen LogP contribution in [0.15, 0.2) is 18.2 Å². The summed E-state index contributed by atoms with van der Waals surface area (Å²) in [7, 11) is 2.21. The van der Waals surface area contributed by atoms with Crippen LogP contribution in [0, 0.1) is 6.92 Å². The molecule has 1 saturated carbocycles. The van der Waals surface area contributed by atoms with E-state index in [-0.39, 0.29) is 18.4 Å². The van der Waals surface area contributed by atoms with Crippen molar-refractivity contribution < 1.29 is 14.3 Å². The highest BCUT2D eigenvalue weighted by Gasteiger charge is 2.25.